The molecule has 140 valence electrons. The number of carbonyl (C=O) groups is 2. The van der Waals surface area contributed by atoms with Gasteiger partial charge in [0.1, 0.15) is 0 Å². The summed E-state index contributed by atoms with van der Waals surface area (Å²) in [6, 6.07) is 0. The summed E-state index contributed by atoms with van der Waals surface area (Å²) < 4.78 is 5.53. The summed E-state index contributed by atoms with van der Waals surface area (Å²) in [6.07, 6.45) is 12.5. The molecule has 0 saturated carbocycles. The Morgan fingerprint density at radius 1 is 1.16 bits per heavy atom. The van der Waals surface area contributed by atoms with Gasteiger partial charge in [-0.25, -0.2) is 0 Å². The highest BCUT2D eigenvalue weighted by molar-refractivity contribution is 5.93. The van der Waals surface area contributed by atoms with E-state index in [0.717, 1.165) is 76.6 Å². The van der Waals surface area contributed by atoms with Crippen molar-refractivity contribution in [3.8, 4) is 0 Å². The van der Waals surface area contributed by atoms with E-state index in [0.29, 0.717) is 18.9 Å². The van der Waals surface area contributed by atoms with Crippen LogP contribution in [0.1, 0.15) is 64.2 Å². The van der Waals surface area contributed by atoms with Crippen LogP contribution in [0.3, 0.4) is 0 Å². The monoisotopic (exact) mass is 348 g/mol. The van der Waals surface area contributed by atoms with Crippen LogP contribution >= 0.6 is 0 Å². The van der Waals surface area contributed by atoms with Crippen molar-refractivity contribution in [2.45, 2.75) is 70.3 Å². The fourth-order valence-electron chi connectivity index (χ4n) is 4.12. The van der Waals surface area contributed by atoms with Gasteiger partial charge in [-0.1, -0.05) is 6.08 Å². The molecule has 0 spiro atoms. The molecular formula is C20H32N2O3. The van der Waals surface area contributed by atoms with Crippen molar-refractivity contribution in [3.63, 3.8) is 0 Å². The summed E-state index contributed by atoms with van der Waals surface area (Å²) in [6.45, 7) is 3.17. The Morgan fingerprint density at radius 3 is 2.68 bits per heavy atom. The lowest BCUT2D eigenvalue weighted by Gasteiger charge is -2.33. The predicted molar refractivity (Wildman–Crippen MR) is 97.1 cm³/mol. The molecule has 2 amide bonds. The maximum Gasteiger partial charge on any atom is 0.249 e. The molecule has 5 heteroatoms. The maximum atomic E-state index is 12.5. The van der Waals surface area contributed by atoms with Crippen molar-refractivity contribution in [1.82, 2.24) is 10.2 Å². The first-order chi connectivity index (χ1) is 12.2. The van der Waals surface area contributed by atoms with Crippen LogP contribution in [0, 0.1) is 5.92 Å². The van der Waals surface area contributed by atoms with E-state index < -0.39 is 0 Å². The summed E-state index contributed by atoms with van der Waals surface area (Å²) in [7, 11) is 0. The lowest BCUT2D eigenvalue weighted by Crippen LogP contribution is -2.39. The number of ether oxygens (including phenoxy) is 1. The molecule has 0 aromatic carbocycles. The lowest BCUT2D eigenvalue weighted by atomic mass is 9.91. The highest BCUT2D eigenvalue weighted by Gasteiger charge is 2.25. The Balaban J connectivity index is 1.31. The van der Waals surface area contributed by atoms with Gasteiger partial charge in [-0.2, -0.15) is 0 Å². The van der Waals surface area contributed by atoms with Gasteiger partial charge in [-0.3, -0.25) is 9.59 Å². The molecule has 5 nitrogen and oxygen atoms in total. The molecule has 0 unspecified atom stereocenters. The van der Waals surface area contributed by atoms with Gasteiger partial charge in [-0.05, 0) is 63.7 Å². The van der Waals surface area contributed by atoms with Crippen LogP contribution in [0.4, 0.5) is 0 Å². The zero-order valence-corrected chi connectivity index (χ0v) is 15.3. The molecule has 2 heterocycles. The third-order valence-electron chi connectivity index (χ3n) is 5.80. The first-order valence-corrected chi connectivity index (χ1v) is 10.1. The zero-order valence-electron chi connectivity index (χ0n) is 15.3. The number of nitrogens with one attached hydrogen (secondary N) is 1. The van der Waals surface area contributed by atoms with E-state index in [9.17, 15) is 9.59 Å². The Bertz CT molecular complexity index is 489. The average molecular weight is 348 g/mol. The van der Waals surface area contributed by atoms with Gasteiger partial charge < -0.3 is 15.0 Å². The zero-order chi connectivity index (χ0) is 17.5. The minimum absolute atomic E-state index is 0.140. The second kappa shape index (κ2) is 9.37. The molecule has 0 bridgehead atoms. The molecule has 3 aliphatic rings. The van der Waals surface area contributed by atoms with Crippen molar-refractivity contribution in [2.24, 2.45) is 5.92 Å². The molecule has 2 saturated heterocycles. The minimum Gasteiger partial charge on any atom is -0.376 e. The van der Waals surface area contributed by atoms with Crippen molar-refractivity contribution in [3.05, 3.63) is 11.6 Å². The minimum atomic E-state index is 0.140. The number of amides is 2. The maximum absolute atomic E-state index is 12.5. The number of piperidine rings is 1. The summed E-state index contributed by atoms with van der Waals surface area (Å²) in [5, 5.41) is 3.00. The molecular weight excluding hydrogens is 316 g/mol. The van der Waals surface area contributed by atoms with Crippen molar-refractivity contribution in [1.29, 1.82) is 0 Å². The van der Waals surface area contributed by atoms with E-state index in [1.165, 1.54) is 6.42 Å². The van der Waals surface area contributed by atoms with Gasteiger partial charge in [0.25, 0.3) is 0 Å². The van der Waals surface area contributed by atoms with Crippen LogP contribution in [0.5, 0.6) is 0 Å². The first-order valence-electron chi connectivity index (χ1n) is 10.1. The number of nitrogens with zero attached hydrogens (tertiary/aromatic N) is 1. The number of likely N-dealkylation sites (tertiary alicyclic amines) is 1. The van der Waals surface area contributed by atoms with Crippen molar-refractivity contribution >= 4 is 11.8 Å². The normalized spacial score (nSPS) is 24.9. The van der Waals surface area contributed by atoms with E-state index in [2.05, 4.69) is 11.4 Å². The molecule has 0 aromatic heterocycles. The second-order valence-corrected chi connectivity index (χ2v) is 7.69. The van der Waals surface area contributed by atoms with Crippen LogP contribution in [-0.2, 0) is 14.3 Å². The fraction of sp³-hybridized carbons (Fsp3) is 0.800. The average Bonchev–Trinajstić information content (AvgIpc) is 3.19. The van der Waals surface area contributed by atoms with Gasteiger partial charge in [0.15, 0.2) is 0 Å². The van der Waals surface area contributed by atoms with E-state index in [1.807, 2.05) is 4.90 Å². The van der Waals surface area contributed by atoms with Crippen LogP contribution in [0.15, 0.2) is 11.6 Å². The largest absolute Gasteiger partial charge is 0.376 e. The first kappa shape index (κ1) is 18.4. The van der Waals surface area contributed by atoms with Crippen molar-refractivity contribution < 1.29 is 14.3 Å². The quantitative estimate of drug-likeness (QED) is 0.803. The summed E-state index contributed by atoms with van der Waals surface area (Å²) in [5.41, 5.74) is 1.03. The van der Waals surface area contributed by atoms with Gasteiger partial charge in [0.05, 0.1) is 6.10 Å². The second-order valence-electron chi connectivity index (χ2n) is 7.69. The Labute approximate surface area is 151 Å². The van der Waals surface area contributed by atoms with Gasteiger partial charge >= 0.3 is 0 Å². The Hall–Kier alpha value is -1.36. The molecule has 1 atom stereocenters. The molecule has 25 heavy (non-hydrogen) atoms. The highest BCUT2D eigenvalue weighted by Crippen LogP contribution is 2.25. The number of hydrogen-bond acceptors (Lipinski definition) is 3. The third kappa shape index (κ3) is 5.56. The summed E-state index contributed by atoms with van der Waals surface area (Å²) in [5.74, 6) is 0.965. The van der Waals surface area contributed by atoms with Crippen LogP contribution in [-0.4, -0.2) is 49.1 Å². The third-order valence-corrected chi connectivity index (χ3v) is 5.80. The van der Waals surface area contributed by atoms with E-state index in [4.69, 9.17) is 4.74 Å². The van der Waals surface area contributed by atoms with E-state index in [1.54, 1.807) is 0 Å². The van der Waals surface area contributed by atoms with Crippen LogP contribution < -0.4 is 5.32 Å². The Morgan fingerprint density at radius 2 is 2.00 bits per heavy atom. The number of hydrogen-bond donors (Lipinski definition) is 1. The molecule has 2 aliphatic heterocycles. The standard InChI is InChI=1S/C20H32N2O3/c23-19(21-15-18-7-4-14-25-18)9-8-16-10-12-22(13-11-16)20(24)17-5-2-1-3-6-17/h5,16,18H,1-4,6-15H2,(H,21,23)/t18-/m0/s1. The fourth-order valence-corrected chi connectivity index (χ4v) is 4.12. The molecule has 1 N–H and O–H groups in total. The molecule has 1 aliphatic carbocycles. The number of rotatable bonds is 6. The van der Waals surface area contributed by atoms with Gasteiger partial charge in [-0.15, -0.1) is 0 Å². The van der Waals surface area contributed by atoms with Crippen LogP contribution in [0.2, 0.25) is 0 Å². The van der Waals surface area contributed by atoms with Crippen LogP contribution in [0.25, 0.3) is 0 Å². The van der Waals surface area contributed by atoms with Crippen molar-refractivity contribution in [2.75, 3.05) is 26.2 Å². The smallest absolute Gasteiger partial charge is 0.249 e. The molecule has 3 rings (SSSR count). The van der Waals surface area contributed by atoms with Gasteiger partial charge in [0, 0.05) is 38.2 Å². The summed E-state index contributed by atoms with van der Waals surface area (Å²) in [4.78, 5) is 26.5. The van der Waals surface area contributed by atoms with E-state index in [-0.39, 0.29) is 17.9 Å². The molecule has 0 aromatic rings. The molecule has 0 radical (unpaired) electrons. The van der Waals surface area contributed by atoms with Gasteiger partial charge in [0.2, 0.25) is 11.8 Å². The molecule has 2 fully saturated rings. The number of allylic oxidation sites excluding steroid dienone is 1. The lowest BCUT2D eigenvalue weighted by molar-refractivity contribution is -0.129. The Kier molecular flexibility index (Phi) is 6.91. The SMILES string of the molecule is O=C(CCC1CCN(C(=O)C2=CCCCC2)CC1)NC[C@@H]1CCCO1. The van der Waals surface area contributed by atoms with E-state index >= 15 is 0 Å². The number of carbonyl (C=O) groups excluding carboxylic acids is 2. The summed E-state index contributed by atoms with van der Waals surface area (Å²) >= 11 is 0. The topological polar surface area (TPSA) is 58.6 Å². The predicted octanol–water partition coefficient (Wildman–Crippen LogP) is 2.80. The highest BCUT2D eigenvalue weighted by atomic mass is 16.5.